The van der Waals surface area contributed by atoms with Gasteiger partial charge in [0.05, 0.1) is 11.0 Å². The number of nitrogens with one attached hydrogen (secondary N) is 2. The van der Waals surface area contributed by atoms with Gasteiger partial charge in [0.15, 0.2) is 0 Å². The standard InChI is InChI=1S/C15H13N.C13H10N2/c1-11-13-9-5-6-10-14(13)16-15(11)12-7-3-2-4-8-12;1-2-6-10(7-3-1)13-14-11-8-4-5-9-12(11)15-13/h2-10,16H,1H3;1-9H,(H,14,15). The summed E-state index contributed by atoms with van der Waals surface area (Å²) in [7, 11) is 0. The second kappa shape index (κ2) is 8.33. The number of benzene rings is 4. The summed E-state index contributed by atoms with van der Waals surface area (Å²) in [4.78, 5) is 11.3. The normalized spacial score (nSPS) is 10.7. The Hall–Kier alpha value is -4.11. The molecule has 6 aromatic rings. The van der Waals surface area contributed by atoms with Crippen LogP contribution in [0.4, 0.5) is 0 Å². The van der Waals surface area contributed by atoms with Crippen LogP contribution in [0.2, 0.25) is 0 Å². The number of aromatic amines is 2. The first-order valence-corrected chi connectivity index (χ1v) is 10.4. The molecule has 31 heavy (non-hydrogen) atoms. The van der Waals surface area contributed by atoms with Crippen LogP contribution in [0.25, 0.3) is 44.6 Å². The average molecular weight is 402 g/mol. The summed E-state index contributed by atoms with van der Waals surface area (Å²) in [6.45, 7) is 2.17. The molecule has 3 heteroatoms. The van der Waals surface area contributed by atoms with E-state index in [4.69, 9.17) is 0 Å². The number of imidazole rings is 1. The van der Waals surface area contributed by atoms with Crippen LogP contribution >= 0.6 is 0 Å². The highest BCUT2D eigenvalue weighted by Crippen LogP contribution is 2.29. The summed E-state index contributed by atoms with van der Waals surface area (Å²) < 4.78 is 0. The molecule has 0 spiro atoms. The average Bonchev–Trinajstić information content (AvgIpc) is 3.42. The molecule has 0 aliphatic carbocycles. The number of para-hydroxylation sites is 3. The van der Waals surface area contributed by atoms with Gasteiger partial charge in [-0.25, -0.2) is 4.98 Å². The highest BCUT2D eigenvalue weighted by atomic mass is 14.9. The molecule has 150 valence electrons. The lowest BCUT2D eigenvalue weighted by atomic mass is 10.1. The van der Waals surface area contributed by atoms with Crippen LogP contribution in [0.1, 0.15) is 5.56 Å². The lowest BCUT2D eigenvalue weighted by Crippen LogP contribution is -1.78. The van der Waals surface area contributed by atoms with Gasteiger partial charge in [0, 0.05) is 22.2 Å². The maximum Gasteiger partial charge on any atom is 0.138 e. The van der Waals surface area contributed by atoms with E-state index in [1.165, 1.54) is 27.7 Å². The summed E-state index contributed by atoms with van der Waals surface area (Å²) in [6.07, 6.45) is 0. The Kier molecular flexibility index (Phi) is 5.07. The van der Waals surface area contributed by atoms with Gasteiger partial charge in [-0.15, -0.1) is 0 Å². The van der Waals surface area contributed by atoms with Crippen LogP contribution in [0.5, 0.6) is 0 Å². The predicted molar refractivity (Wildman–Crippen MR) is 130 cm³/mol. The summed E-state index contributed by atoms with van der Waals surface area (Å²) >= 11 is 0. The molecule has 6 rings (SSSR count). The van der Waals surface area contributed by atoms with Crippen LogP contribution in [0.15, 0.2) is 109 Å². The molecule has 0 aliphatic rings. The number of H-pyrrole nitrogens is 2. The van der Waals surface area contributed by atoms with E-state index in [0.29, 0.717) is 0 Å². The second-order valence-corrected chi connectivity index (χ2v) is 7.51. The van der Waals surface area contributed by atoms with Crippen LogP contribution in [-0.2, 0) is 0 Å². The van der Waals surface area contributed by atoms with E-state index in [1.54, 1.807) is 0 Å². The molecule has 4 aromatic carbocycles. The van der Waals surface area contributed by atoms with Crippen molar-refractivity contribution in [1.82, 2.24) is 15.0 Å². The molecule has 0 saturated heterocycles. The van der Waals surface area contributed by atoms with Crippen molar-refractivity contribution in [1.29, 1.82) is 0 Å². The molecule has 0 radical (unpaired) electrons. The summed E-state index contributed by atoms with van der Waals surface area (Å²) in [5.74, 6) is 0.928. The van der Waals surface area contributed by atoms with Gasteiger partial charge in [-0.3, -0.25) is 0 Å². The molecular formula is C28H23N3. The van der Waals surface area contributed by atoms with E-state index in [-0.39, 0.29) is 0 Å². The molecule has 0 aliphatic heterocycles. The van der Waals surface area contributed by atoms with Crippen LogP contribution in [0, 0.1) is 6.92 Å². The molecule has 0 unspecified atom stereocenters. The van der Waals surface area contributed by atoms with Gasteiger partial charge < -0.3 is 9.97 Å². The van der Waals surface area contributed by atoms with Crippen LogP contribution < -0.4 is 0 Å². The molecule has 3 nitrogen and oxygen atoms in total. The third-order valence-electron chi connectivity index (χ3n) is 5.46. The van der Waals surface area contributed by atoms with Crippen molar-refractivity contribution in [3.63, 3.8) is 0 Å². The summed E-state index contributed by atoms with van der Waals surface area (Å²) in [6, 6.07) is 37.1. The lowest BCUT2D eigenvalue weighted by molar-refractivity contribution is 1.34. The Labute approximate surface area is 181 Å². The van der Waals surface area contributed by atoms with Crippen molar-refractivity contribution in [2.24, 2.45) is 0 Å². The molecule has 0 fully saturated rings. The van der Waals surface area contributed by atoms with Gasteiger partial charge >= 0.3 is 0 Å². The molecule has 0 bridgehead atoms. The number of aryl methyl sites for hydroxylation is 1. The van der Waals surface area contributed by atoms with Gasteiger partial charge in [0.25, 0.3) is 0 Å². The first-order chi connectivity index (χ1) is 15.3. The van der Waals surface area contributed by atoms with Gasteiger partial charge in [0.2, 0.25) is 0 Å². The zero-order chi connectivity index (χ0) is 21.0. The molecule has 0 saturated carbocycles. The van der Waals surface area contributed by atoms with Crippen LogP contribution in [-0.4, -0.2) is 15.0 Å². The van der Waals surface area contributed by atoms with E-state index < -0.39 is 0 Å². The second-order valence-electron chi connectivity index (χ2n) is 7.51. The molecular weight excluding hydrogens is 378 g/mol. The van der Waals surface area contributed by atoms with Crippen molar-refractivity contribution in [3.05, 3.63) is 115 Å². The third-order valence-corrected chi connectivity index (χ3v) is 5.46. The highest BCUT2D eigenvalue weighted by molar-refractivity contribution is 5.90. The minimum Gasteiger partial charge on any atom is -0.354 e. The van der Waals surface area contributed by atoms with Gasteiger partial charge in [-0.2, -0.15) is 0 Å². The fourth-order valence-electron chi connectivity index (χ4n) is 3.86. The summed E-state index contributed by atoms with van der Waals surface area (Å²) in [5.41, 5.74) is 8.21. The fourth-order valence-corrected chi connectivity index (χ4v) is 3.86. The molecule has 0 atom stereocenters. The van der Waals surface area contributed by atoms with E-state index in [9.17, 15) is 0 Å². The Morgan fingerprint density at radius 2 is 1.13 bits per heavy atom. The fraction of sp³-hybridized carbons (Fsp3) is 0.0357. The molecule has 2 heterocycles. The molecule has 2 N–H and O–H groups in total. The zero-order valence-electron chi connectivity index (χ0n) is 17.3. The maximum atomic E-state index is 4.53. The topological polar surface area (TPSA) is 44.5 Å². The van der Waals surface area contributed by atoms with E-state index in [0.717, 1.165) is 22.4 Å². The van der Waals surface area contributed by atoms with Crippen molar-refractivity contribution in [3.8, 4) is 22.6 Å². The predicted octanol–water partition coefficient (Wildman–Crippen LogP) is 7.37. The Morgan fingerprint density at radius 3 is 1.81 bits per heavy atom. The number of nitrogens with zero attached hydrogens (tertiary/aromatic N) is 1. The number of rotatable bonds is 2. The van der Waals surface area contributed by atoms with Crippen molar-refractivity contribution >= 4 is 21.9 Å². The summed E-state index contributed by atoms with van der Waals surface area (Å²) in [5, 5.41) is 1.31. The number of hydrogen-bond acceptors (Lipinski definition) is 1. The zero-order valence-corrected chi connectivity index (χ0v) is 17.3. The van der Waals surface area contributed by atoms with Crippen molar-refractivity contribution < 1.29 is 0 Å². The Morgan fingerprint density at radius 1 is 0.548 bits per heavy atom. The smallest absolute Gasteiger partial charge is 0.138 e. The number of hydrogen-bond donors (Lipinski definition) is 2. The SMILES string of the molecule is Cc1c(-c2ccccc2)[nH]c2ccccc12.c1ccc(-c2nc3ccccc3[nH]2)cc1. The molecule has 2 aromatic heterocycles. The third kappa shape index (κ3) is 3.86. The van der Waals surface area contributed by atoms with E-state index in [1.807, 2.05) is 48.5 Å². The van der Waals surface area contributed by atoms with E-state index >= 15 is 0 Å². The van der Waals surface area contributed by atoms with Gasteiger partial charge in [0.1, 0.15) is 5.82 Å². The largest absolute Gasteiger partial charge is 0.354 e. The molecule has 0 amide bonds. The first kappa shape index (κ1) is 18.9. The first-order valence-electron chi connectivity index (χ1n) is 10.4. The monoisotopic (exact) mass is 401 g/mol. The van der Waals surface area contributed by atoms with Crippen molar-refractivity contribution in [2.75, 3.05) is 0 Å². The highest BCUT2D eigenvalue weighted by Gasteiger charge is 2.07. The maximum absolute atomic E-state index is 4.53. The van der Waals surface area contributed by atoms with Crippen LogP contribution in [0.3, 0.4) is 0 Å². The number of fused-ring (bicyclic) bond motifs is 2. The Balaban J connectivity index is 0.000000132. The van der Waals surface area contributed by atoms with Crippen molar-refractivity contribution in [2.45, 2.75) is 6.92 Å². The number of aromatic nitrogens is 3. The van der Waals surface area contributed by atoms with Gasteiger partial charge in [-0.1, -0.05) is 91.0 Å². The Bertz CT molecular complexity index is 1390. The minimum absolute atomic E-state index is 0.928. The minimum atomic E-state index is 0.928. The van der Waals surface area contributed by atoms with Gasteiger partial charge in [-0.05, 0) is 36.2 Å². The lowest BCUT2D eigenvalue weighted by Gasteiger charge is -1.99. The quantitative estimate of drug-likeness (QED) is 0.312. The van der Waals surface area contributed by atoms with E-state index in [2.05, 4.69) is 82.5 Å².